The maximum absolute atomic E-state index is 12.4. The summed E-state index contributed by atoms with van der Waals surface area (Å²) in [5.41, 5.74) is 2.34. The number of anilines is 3. The van der Waals surface area contributed by atoms with E-state index in [1.807, 2.05) is 6.07 Å². The lowest BCUT2D eigenvalue weighted by Gasteiger charge is -2.10. The van der Waals surface area contributed by atoms with Crippen LogP contribution in [0, 0.1) is 0 Å². The van der Waals surface area contributed by atoms with Crippen molar-refractivity contribution in [2.75, 3.05) is 21.6 Å². The van der Waals surface area contributed by atoms with Gasteiger partial charge in [0.1, 0.15) is 16.6 Å². The molecule has 0 radical (unpaired) electrons. The topological polar surface area (TPSA) is 152 Å². The molecule has 0 saturated heterocycles. The number of sulfonamides is 1. The van der Waals surface area contributed by atoms with Gasteiger partial charge in [0.15, 0.2) is 0 Å². The van der Waals surface area contributed by atoms with E-state index < -0.39 is 28.0 Å². The van der Waals surface area contributed by atoms with E-state index >= 15 is 0 Å². The van der Waals surface area contributed by atoms with Crippen molar-refractivity contribution < 1.29 is 35.9 Å². The number of halogens is 3. The normalized spacial score (nSPS) is 11.6. The molecule has 2 amide bonds. The molecule has 11 nitrogen and oxygen atoms in total. The van der Waals surface area contributed by atoms with Crippen LogP contribution in [-0.2, 0) is 45.3 Å². The van der Waals surface area contributed by atoms with Gasteiger partial charge in [-0.3, -0.25) is 14.3 Å². The standard InChI is InChI=1S/C29H29F3N6O5S2/c1-45(41,42)38-22-9-4-7-20(14-22)16-26(40)35-28-37-36-27(44-28)11-3-2-6-19-12-13-24(33-18-19)34-25(39)17-21-8-5-10-23(15-21)43-29(30,31)32/h4-5,7-10,12-15,18,38H,2-3,6,11,16-17H2,1H3,(H,33,34,39)(H,35,37,40). The summed E-state index contributed by atoms with van der Waals surface area (Å²) < 4.78 is 66.4. The SMILES string of the molecule is CS(=O)(=O)Nc1cccc(CC(=O)Nc2nnc(CCCCc3ccc(NC(=O)Cc4cccc(OC(F)(F)F)c4)nc3)s2)c1. The minimum absolute atomic E-state index is 0.0410. The molecule has 16 heteroatoms. The Morgan fingerprint density at radius 3 is 2.24 bits per heavy atom. The summed E-state index contributed by atoms with van der Waals surface area (Å²) in [4.78, 5) is 29.0. The Balaban J connectivity index is 1.16. The average Bonchev–Trinajstić information content (AvgIpc) is 3.37. The summed E-state index contributed by atoms with van der Waals surface area (Å²) in [6.45, 7) is 0. The van der Waals surface area contributed by atoms with Gasteiger partial charge in [0.05, 0.1) is 19.1 Å². The van der Waals surface area contributed by atoms with Crippen molar-refractivity contribution in [3.8, 4) is 5.75 Å². The highest BCUT2D eigenvalue weighted by Gasteiger charge is 2.31. The van der Waals surface area contributed by atoms with Crippen molar-refractivity contribution in [3.05, 3.63) is 88.6 Å². The number of aromatic nitrogens is 3. The van der Waals surface area contributed by atoms with Gasteiger partial charge in [-0.2, -0.15) is 0 Å². The molecule has 2 heterocycles. The van der Waals surface area contributed by atoms with Crippen molar-refractivity contribution in [1.29, 1.82) is 0 Å². The fourth-order valence-electron chi connectivity index (χ4n) is 4.19. The highest BCUT2D eigenvalue weighted by atomic mass is 32.2. The molecular formula is C29H29F3N6O5S2. The summed E-state index contributed by atoms with van der Waals surface area (Å²) in [6, 6.07) is 15.3. The Kier molecular flexibility index (Phi) is 11.1. The fourth-order valence-corrected chi connectivity index (χ4v) is 5.54. The summed E-state index contributed by atoms with van der Waals surface area (Å²) in [5, 5.41) is 14.7. The van der Waals surface area contributed by atoms with Crippen molar-refractivity contribution in [2.24, 2.45) is 0 Å². The van der Waals surface area contributed by atoms with E-state index in [-0.39, 0.29) is 18.7 Å². The van der Waals surface area contributed by atoms with Crippen LogP contribution in [0.2, 0.25) is 0 Å². The zero-order valence-corrected chi connectivity index (χ0v) is 25.6. The van der Waals surface area contributed by atoms with Crippen LogP contribution in [0.25, 0.3) is 0 Å². The first kappa shape index (κ1) is 33.3. The number of nitrogens with one attached hydrogen (secondary N) is 3. The molecule has 0 unspecified atom stereocenters. The van der Waals surface area contributed by atoms with Gasteiger partial charge in [-0.05, 0) is 66.3 Å². The second-order valence-corrected chi connectivity index (χ2v) is 12.8. The molecule has 4 rings (SSSR count). The third kappa shape index (κ3) is 12.1. The molecule has 2 aromatic carbocycles. The quantitative estimate of drug-likeness (QED) is 0.157. The average molecular weight is 663 g/mol. The zero-order chi connectivity index (χ0) is 32.5. The number of pyridine rings is 1. The van der Waals surface area contributed by atoms with Crippen LogP contribution in [0.15, 0.2) is 66.9 Å². The number of unbranched alkanes of at least 4 members (excludes halogenated alkanes) is 1. The van der Waals surface area contributed by atoms with Gasteiger partial charge < -0.3 is 15.4 Å². The van der Waals surface area contributed by atoms with Crippen LogP contribution in [0.5, 0.6) is 5.75 Å². The number of alkyl halides is 3. The van der Waals surface area contributed by atoms with E-state index in [1.165, 1.54) is 23.5 Å². The number of benzene rings is 2. The second-order valence-electron chi connectivity index (χ2n) is 9.98. The summed E-state index contributed by atoms with van der Waals surface area (Å²) in [6.07, 6.45) is 0.851. The number of rotatable bonds is 14. The highest BCUT2D eigenvalue weighted by molar-refractivity contribution is 7.92. The fraction of sp³-hybridized carbons (Fsp3) is 0.276. The zero-order valence-electron chi connectivity index (χ0n) is 23.9. The molecule has 0 aliphatic rings. The lowest BCUT2D eigenvalue weighted by Crippen LogP contribution is -2.18. The number of hydrogen-bond acceptors (Lipinski definition) is 9. The first-order valence-corrected chi connectivity index (χ1v) is 16.3. The van der Waals surface area contributed by atoms with Crippen LogP contribution in [-0.4, -0.2) is 48.0 Å². The molecule has 4 aromatic rings. The smallest absolute Gasteiger partial charge is 0.406 e. The summed E-state index contributed by atoms with van der Waals surface area (Å²) >= 11 is 1.28. The van der Waals surface area contributed by atoms with E-state index in [0.29, 0.717) is 34.2 Å². The molecule has 238 valence electrons. The summed E-state index contributed by atoms with van der Waals surface area (Å²) in [7, 11) is -3.42. The molecule has 0 aliphatic carbocycles. The molecule has 0 bridgehead atoms. The van der Waals surface area contributed by atoms with Gasteiger partial charge in [0.2, 0.25) is 27.0 Å². The van der Waals surface area contributed by atoms with Gasteiger partial charge in [0, 0.05) is 18.3 Å². The summed E-state index contributed by atoms with van der Waals surface area (Å²) in [5.74, 6) is -0.794. The number of hydrogen-bond donors (Lipinski definition) is 3. The van der Waals surface area contributed by atoms with Crippen molar-refractivity contribution in [1.82, 2.24) is 15.2 Å². The number of ether oxygens (including phenoxy) is 1. The molecule has 3 N–H and O–H groups in total. The minimum atomic E-state index is -4.81. The van der Waals surface area contributed by atoms with Crippen molar-refractivity contribution in [3.63, 3.8) is 0 Å². The van der Waals surface area contributed by atoms with Crippen LogP contribution >= 0.6 is 11.3 Å². The molecule has 0 fully saturated rings. The lowest BCUT2D eigenvalue weighted by atomic mass is 10.1. The number of carbonyl (C=O) groups excluding carboxylic acids is 2. The van der Waals surface area contributed by atoms with Gasteiger partial charge in [-0.15, -0.1) is 23.4 Å². The van der Waals surface area contributed by atoms with Crippen molar-refractivity contribution in [2.45, 2.75) is 44.9 Å². The molecule has 0 spiro atoms. The van der Waals surface area contributed by atoms with E-state index in [4.69, 9.17) is 0 Å². The van der Waals surface area contributed by atoms with E-state index in [2.05, 4.69) is 35.3 Å². The first-order valence-electron chi connectivity index (χ1n) is 13.6. The Morgan fingerprint density at radius 1 is 0.867 bits per heavy atom. The number of nitrogens with zero attached hydrogens (tertiary/aromatic N) is 3. The Labute approximate surface area is 261 Å². The Hall–Kier alpha value is -4.57. The monoisotopic (exact) mass is 662 g/mol. The van der Waals surface area contributed by atoms with Crippen molar-refractivity contribution >= 4 is 49.8 Å². The van der Waals surface area contributed by atoms with Gasteiger partial charge >= 0.3 is 6.36 Å². The Bertz CT molecular complexity index is 1730. The van der Waals surface area contributed by atoms with Crippen LogP contribution in [0.1, 0.15) is 34.5 Å². The Morgan fingerprint density at radius 2 is 1.56 bits per heavy atom. The molecular weight excluding hydrogens is 633 g/mol. The van der Waals surface area contributed by atoms with E-state index in [1.54, 1.807) is 36.5 Å². The molecule has 0 atom stereocenters. The van der Waals surface area contributed by atoms with Crippen LogP contribution in [0.3, 0.4) is 0 Å². The maximum Gasteiger partial charge on any atom is 0.573 e. The maximum atomic E-state index is 12.4. The van der Waals surface area contributed by atoms with E-state index in [9.17, 15) is 31.2 Å². The van der Waals surface area contributed by atoms with Crippen LogP contribution in [0.4, 0.5) is 29.8 Å². The van der Waals surface area contributed by atoms with Gasteiger partial charge in [-0.1, -0.05) is 41.7 Å². The molecule has 0 aliphatic heterocycles. The predicted octanol–water partition coefficient (Wildman–Crippen LogP) is 5.13. The number of carbonyl (C=O) groups is 2. The lowest BCUT2D eigenvalue weighted by molar-refractivity contribution is -0.274. The first-order chi connectivity index (χ1) is 21.3. The largest absolute Gasteiger partial charge is 0.573 e. The van der Waals surface area contributed by atoms with Gasteiger partial charge in [0.25, 0.3) is 0 Å². The third-order valence-corrected chi connectivity index (χ3v) is 7.51. The highest BCUT2D eigenvalue weighted by Crippen LogP contribution is 2.24. The molecule has 2 aromatic heterocycles. The number of aryl methyl sites for hydroxylation is 2. The third-order valence-electron chi connectivity index (χ3n) is 6.00. The second kappa shape index (κ2) is 14.9. The van der Waals surface area contributed by atoms with E-state index in [0.717, 1.165) is 48.2 Å². The minimum Gasteiger partial charge on any atom is -0.406 e. The van der Waals surface area contributed by atoms with Gasteiger partial charge in [-0.25, -0.2) is 13.4 Å². The molecule has 45 heavy (non-hydrogen) atoms. The molecule has 0 saturated carbocycles. The predicted molar refractivity (Wildman–Crippen MR) is 163 cm³/mol. The van der Waals surface area contributed by atoms with Crippen LogP contribution < -0.4 is 20.1 Å². The number of amides is 2.